The number of fused-ring (bicyclic) bond motifs is 13. The molecule has 0 unspecified atom stereocenters. The topological polar surface area (TPSA) is 23.0 Å². The van der Waals surface area contributed by atoms with Crippen LogP contribution in [0.3, 0.4) is 0 Å². The van der Waals surface area contributed by atoms with Gasteiger partial charge in [-0.05, 0) is 81.6 Å². The highest BCUT2D eigenvalue weighted by Crippen LogP contribution is 2.49. The maximum atomic E-state index is 6.50. The number of rotatable bonds is 2. The molecule has 12 rings (SSSR count). The van der Waals surface area contributed by atoms with Crippen molar-refractivity contribution in [1.29, 1.82) is 0 Å². The Labute approximate surface area is 280 Å². The summed E-state index contributed by atoms with van der Waals surface area (Å²) >= 11 is 0. The van der Waals surface area contributed by atoms with Gasteiger partial charge in [-0.15, -0.1) is 0 Å². The third-order valence-corrected chi connectivity index (χ3v) is 10.8. The van der Waals surface area contributed by atoms with Crippen LogP contribution in [-0.4, -0.2) is 9.13 Å². The lowest BCUT2D eigenvalue weighted by Crippen LogP contribution is -1.96. The average Bonchev–Trinajstić information content (AvgIpc) is 3.88. The van der Waals surface area contributed by atoms with Crippen LogP contribution in [0.5, 0.6) is 0 Å². The predicted molar refractivity (Wildman–Crippen MR) is 204 cm³/mol. The largest absolute Gasteiger partial charge is 0.456 e. The minimum atomic E-state index is 0.902. The molecule has 0 radical (unpaired) electrons. The van der Waals surface area contributed by atoms with E-state index in [1.165, 1.54) is 71.1 Å². The Hall–Kier alpha value is -6.58. The summed E-state index contributed by atoms with van der Waals surface area (Å²) in [7, 11) is 0. The van der Waals surface area contributed by atoms with Crippen LogP contribution in [0.25, 0.3) is 110 Å². The number of hydrogen-bond donors (Lipinski definition) is 0. The van der Waals surface area contributed by atoms with Gasteiger partial charge in [-0.3, -0.25) is 0 Å². The maximum absolute atomic E-state index is 6.50. The summed E-state index contributed by atoms with van der Waals surface area (Å²) in [6.45, 7) is 0. The van der Waals surface area contributed by atoms with Gasteiger partial charge in [0.15, 0.2) is 0 Å². The number of para-hydroxylation sites is 3. The molecule has 226 valence electrons. The smallest absolute Gasteiger partial charge is 0.137 e. The first-order valence-corrected chi connectivity index (χ1v) is 16.9. The number of nitrogens with zero attached hydrogens (tertiary/aromatic N) is 2. The van der Waals surface area contributed by atoms with Crippen molar-refractivity contribution >= 4 is 76.3 Å². The molecule has 0 saturated heterocycles. The molecule has 1 aliphatic carbocycles. The van der Waals surface area contributed by atoms with Crippen molar-refractivity contribution in [3.8, 4) is 33.6 Å². The standard InChI is InChI=1S/C46H26N2O/c1-2-12-28(13-3-1)47-39-18-6-4-15-35(39)45-40(47)23-22-34-37-25-38-31-14-5-7-19-42(31)49-43(38)26-41(37)48(46(34)45)29-20-21-30-32-16-8-10-27-11-9-17-33(44(27)32)36(30)24-29/h1-26H. The zero-order valence-electron chi connectivity index (χ0n) is 26.3. The fourth-order valence-electron chi connectivity index (χ4n) is 8.82. The number of furan rings is 1. The molecule has 8 aromatic carbocycles. The highest BCUT2D eigenvalue weighted by atomic mass is 16.3. The van der Waals surface area contributed by atoms with Gasteiger partial charge in [-0.25, -0.2) is 0 Å². The molecule has 3 nitrogen and oxygen atoms in total. The zero-order valence-corrected chi connectivity index (χ0v) is 26.3. The first-order valence-electron chi connectivity index (χ1n) is 16.9. The first-order chi connectivity index (χ1) is 24.3. The van der Waals surface area contributed by atoms with Gasteiger partial charge in [0.1, 0.15) is 11.2 Å². The molecule has 49 heavy (non-hydrogen) atoms. The van der Waals surface area contributed by atoms with E-state index < -0.39 is 0 Å². The van der Waals surface area contributed by atoms with Crippen molar-refractivity contribution in [2.45, 2.75) is 0 Å². The number of aromatic nitrogens is 2. The van der Waals surface area contributed by atoms with E-state index in [1.54, 1.807) is 0 Å². The molecule has 0 bridgehead atoms. The summed E-state index contributed by atoms with van der Waals surface area (Å²) in [5, 5.41) is 9.86. The van der Waals surface area contributed by atoms with Gasteiger partial charge >= 0.3 is 0 Å². The van der Waals surface area contributed by atoms with E-state index in [1.807, 2.05) is 6.07 Å². The van der Waals surface area contributed by atoms with E-state index in [4.69, 9.17) is 4.42 Å². The van der Waals surface area contributed by atoms with E-state index in [0.29, 0.717) is 0 Å². The Kier molecular flexibility index (Phi) is 4.72. The van der Waals surface area contributed by atoms with Gasteiger partial charge in [0.2, 0.25) is 0 Å². The summed E-state index contributed by atoms with van der Waals surface area (Å²) in [4.78, 5) is 0. The molecule has 3 aromatic heterocycles. The molecule has 0 spiro atoms. The average molecular weight is 623 g/mol. The Morgan fingerprint density at radius 2 is 1.12 bits per heavy atom. The van der Waals surface area contributed by atoms with E-state index in [2.05, 4.69) is 161 Å². The van der Waals surface area contributed by atoms with Crippen molar-refractivity contribution in [3.63, 3.8) is 0 Å². The summed E-state index contributed by atoms with van der Waals surface area (Å²) in [6.07, 6.45) is 0. The molecule has 1 aliphatic rings. The van der Waals surface area contributed by atoms with Gasteiger partial charge in [0.05, 0.1) is 22.1 Å². The van der Waals surface area contributed by atoms with Crippen LogP contribution in [0.2, 0.25) is 0 Å². The summed E-state index contributed by atoms with van der Waals surface area (Å²) < 4.78 is 11.4. The van der Waals surface area contributed by atoms with Crippen molar-refractivity contribution < 1.29 is 4.42 Å². The first kappa shape index (κ1) is 25.5. The maximum Gasteiger partial charge on any atom is 0.137 e. The molecule has 0 aliphatic heterocycles. The van der Waals surface area contributed by atoms with Crippen LogP contribution >= 0.6 is 0 Å². The lowest BCUT2D eigenvalue weighted by Gasteiger charge is -2.12. The lowest BCUT2D eigenvalue weighted by molar-refractivity contribution is 0.669. The second-order valence-electron chi connectivity index (χ2n) is 13.3. The van der Waals surface area contributed by atoms with E-state index in [0.717, 1.165) is 38.8 Å². The third kappa shape index (κ3) is 3.22. The molecular formula is C46H26N2O. The second kappa shape index (κ2) is 9.06. The monoisotopic (exact) mass is 622 g/mol. The van der Waals surface area contributed by atoms with Crippen LogP contribution in [0.4, 0.5) is 0 Å². The van der Waals surface area contributed by atoms with Crippen molar-refractivity contribution in [1.82, 2.24) is 9.13 Å². The molecule has 0 amide bonds. The van der Waals surface area contributed by atoms with Gasteiger partial charge in [0, 0.05) is 49.8 Å². The van der Waals surface area contributed by atoms with Crippen LogP contribution in [0, 0.1) is 0 Å². The molecule has 0 fully saturated rings. The van der Waals surface area contributed by atoms with Crippen LogP contribution in [0.15, 0.2) is 162 Å². The van der Waals surface area contributed by atoms with E-state index in [9.17, 15) is 0 Å². The number of hydrogen-bond acceptors (Lipinski definition) is 1. The fraction of sp³-hybridized carbons (Fsp3) is 0. The third-order valence-electron chi connectivity index (χ3n) is 10.8. The second-order valence-corrected chi connectivity index (χ2v) is 13.3. The Bertz CT molecular complexity index is 3200. The molecule has 11 aromatic rings. The lowest BCUT2D eigenvalue weighted by atomic mass is 10.0. The molecule has 3 heteroatoms. The molecular weight excluding hydrogens is 597 g/mol. The van der Waals surface area contributed by atoms with E-state index >= 15 is 0 Å². The minimum Gasteiger partial charge on any atom is -0.456 e. The summed E-state index contributed by atoms with van der Waals surface area (Å²) in [5.41, 5.74) is 14.0. The Balaban J connectivity index is 1.27. The highest BCUT2D eigenvalue weighted by molar-refractivity contribution is 6.28. The zero-order chi connectivity index (χ0) is 31.8. The fourth-order valence-corrected chi connectivity index (χ4v) is 8.82. The SMILES string of the molecule is c1ccc(-n2c3ccccc3c3c2ccc2c4cc5c(cc4n(-c4ccc6c(c4)-c4cccc7cccc-6c47)c23)oc2ccccc25)cc1. The summed E-state index contributed by atoms with van der Waals surface area (Å²) in [6, 6.07) is 57.5. The molecule has 0 saturated carbocycles. The van der Waals surface area contributed by atoms with Gasteiger partial charge in [-0.2, -0.15) is 0 Å². The Morgan fingerprint density at radius 1 is 0.347 bits per heavy atom. The normalized spacial score (nSPS) is 12.5. The van der Waals surface area contributed by atoms with Crippen molar-refractivity contribution in [3.05, 3.63) is 158 Å². The van der Waals surface area contributed by atoms with Gasteiger partial charge in [0.25, 0.3) is 0 Å². The van der Waals surface area contributed by atoms with Gasteiger partial charge < -0.3 is 13.6 Å². The minimum absolute atomic E-state index is 0.902. The highest BCUT2D eigenvalue weighted by Gasteiger charge is 2.25. The van der Waals surface area contributed by atoms with Crippen LogP contribution < -0.4 is 0 Å². The predicted octanol–water partition coefficient (Wildman–Crippen LogP) is 12.6. The quantitative estimate of drug-likeness (QED) is 0.188. The van der Waals surface area contributed by atoms with Crippen LogP contribution in [-0.2, 0) is 0 Å². The molecule has 0 N–H and O–H groups in total. The van der Waals surface area contributed by atoms with Crippen molar-refractivity contribution in [2.24, 2.45) is 0 Å². The van der Waals surface area contributed by atoms with Crippen LogP contribution in [0.1, 0.15) is 0 Å². The van der Waals surface area contributed by atoms with Gasteiger partial charge in [-0.1, -0.05) is 103 Å². The number of benzene rings is 8. The molecule has 3 heterocycles. The molecule has 0 atom stereocenters. The van der Waals surface area contributed by atoms with E-state index in [-0.39, 0.29) is 0 Å². The van der Waals surface area contributed by atoms with Crippen molar-refractivity contribution in [2.75, 3.05) is 0 Å². The summed E-state index contributed by atoms with van der Waals surface area (Å²) in [5.74, 6) is 0. The Morgan fingerprint density at radius 3 is 2.00 bits per heavy atom.